The predicted octanol–water partition coefficient (Wildman–Crippen LogP) is 5.77. The molecule has 0 aliphatic carbocycles. The molecule has 1 amide bonds. The van der Waals surface area contributed by atoms with Gasteiger partial charge in [-0.05, 0) is 55.3 Å². The van der Waals surface area contributed by atoms with Crippen LogP contribution in [0.25, 0.3) is 5.76 Å². The molecule has 0 spiro atoms. The van der Waals surface area contributed by atoms with Gasteiger partial charge in [0.15, 0.2) is 0 Å². The molecule has 6 nitrogen and oxygen atoms in total. The fourth-order valence-electron chi connectivity index (χ4n) is 3.71. The smallest absolute Gasteiger partial charge is 0.300 e. The van der Waals surface area contributed by atoms with Gasteiger partial charge in [-0.3, -0.25) is 14.5 Å². The van der Waals surface area contributed by atoms with E-state index in [2.05, 4.69) is 15.9 Å². The van der Waals surface area contributed by atoms with Crippen LogP contribution in [0.5, 0.6) is 5.75 Å². The number of rotatable bonds is 6. The highest BCUT2D eigenvalue weighted by molar-refractivity contribution is 9.10. The second-order valence-electron chi connectivity index (χ2n) is 7.49. The van der Waals surface area contributed by atoms with E-state index in [0.717, 1.165) is 16.5 Å². The Bertz CT molecular complexity index is 1200. The van der Waals surface area contributed by atoms with E-state index in [1.165, 1.54) is 11.2 Å². The molecule has 0 radical (unpaired) electrons. The summed E-state index contributed by atoms with van der Waals surface area (Å²) < 4.78 is 12.2. The fourth-order valence-corrected chi connectivity index (χ4v) is 3.95. The van der Waals surface area contributed by atoms with Crippen molar-refractivity contribution in [2.45, 2.75) is 26.3 Å². The summed E-state index contributed by atoms with van der Waals surface area (Å²) in [6.07, 6.45) is 2.31. The molecule has 1 aliphatic heterocycles. The van der Waals surface area contributed by atoms with Gasteiger partial charge in [0.1, 0.15) is 23.3 Å². The third-order valence-electron chi connectivity index (χ3n) is 5.26. The number of furan rings is 1. The maximum absolute atomic E-state index is 13.1. The first-order chi connectivity index (χ1) is 15.4. The third kappa shape index (κ3) is 3.96. The van der Waals surface area contributed by atoms with Crippen LogP contribution in [-0.4, -0.2) is 23.4 Å². The average Bonchev–Trinajstić information content (AvgIpc) is 3.41. The lowest BCUT2D eigenvalue weighted by molar-refractivity contribution is -0.132. The highest BCUT2D eigenvalue weighted by atomic mass is 79.9. The predicted molar refractivity (Wildman–Crippen MR) is 125 cm³/mol. The second kappa shape index (κ2) is 9.04. The molecule has 1 atom stereocenters. The Morgan fingerprint density at radius 2 is 1.97 bits per heavy atom. The number of amides is 1. The Morgan fingerprint density at radius 1 is 1.16 bits per heavy atom. The lowest BCUT2D eigenvalue weighted by Crippen LogP contribution is -2.29. The van der Waals surface area contributed by atoms with Crippen molar-refractivity contribution in [1.82, 2.24) is 0 Å². The number of Topliss-reactive ketones (excluding diaryl/α,β-unsaturated/α-hetero) is 1. The van der Waals surface area contributed by atoms with Gasteiger partial charge >= 0.3 is 0 Å². The molecule has 1 saturated heterocycles. The van der Waals surface area contributed by atoms with E-state index in [-0.39, 0.29) is 11.3 Å². The minimum Gasteiger partial charge on any atom is -0.507 e. The van der Waals surface area contributed by atoms with Crippen molar-refractivity contribution in [3.8, 4) is 5.75 Å². The number of aliphatic hydroxyl groups is 1. The Hall–Kier alpha value is -3.32. The quantitative estimate of drug-likeness (QED) is 0.267. The lowest BCUT2D eigenvalue weighted by Gasteiger charge is -2.24. The number of hydrogen-bond donors (Lipinski definition) is 1. The molecule has 2 heterocycles. The summed E-state index contributed by atoms with van der Waals surface area (Å²) >= 11 is 3.44. The lowest BCUT2D eigenvalue weighted by atomic mass is 9.98. The zero-order valence-corrected chi connectivity index (χ0v) is 19.3. The van der Waals surface area contributed by atoms with Crippen LogP contribution in [0.15, 0.2) is 75.3 Å². The summed E-state index contributed by atoms with van der Waals surface area (Å²) in [5, 5.41) is 11.1. The monoisotopic (exact) mass is 495 g/mol. The highest BCUT2D eigenvalue weighted by Gasteiger charge is 2.48. The van der Waals surface area contributed by atoms with Crippen LogP contribution in [0.4, 0.5) is 5.69 Å². The molecule has 4 rings (SSSR count). The summed E-state index contributed by atoms with van der Waals surface area (Å²) in [4.78, 5) is 27.6. The minimum absolute atomic E-state index is 0.0217. The molecule has 32 heavy (non-hydrogen) atoms. The normalized spacial score (nSPS) is 17.7. The fraction of sp³-hybridized carbons (Fsp3) is 0.200. The van der Waals surface area contributed by atoms with Crippen LogP contribution in [0, 0.1) is 6.92 Å². The molecule has 1 unspecified atom stereocenters. The molecular formula is C25H22BrNO5. The van der Waals surface area contributed by atoms with Gasteiger partial charge in [0.05, 0.1) is 18.4 Å². The van der Waals surface area contributed by atoms with Crippen molar-refractivity contribution >= 4 is 39.1 Å². The molecule has 164 valence electrons. The molecule has 7 heteroatoms. The van der Waals surface area contributed by atoms with Gasteiger partial charge in [-0.1, -0.05) is 35.0 Å². The molecular weight excluding hydrogens is 474 g/mol. The first kappa shape index (κ1) is 21.9. The largest absolute Gasteiger partial charge is 0.507 e. The Labute approximate surface area is 194 Å². The standard InChI is InChI=1S/C25H22BrNO5/c1-3-11-31-18-7-4-6-17(14-18)27-22(20-8-5-12-32-20)21(24(29)25(27)30)23(28)16-9-10-19(26)15(2)13-16/h4-10,12-14,22,28H,3,11H2,1-2H3/b23-21-. The van der Waals surface area contributed by atoms with E-state index in [1.54, 1.807) is 54.6 Å². The Kier molecular flexibility index (Phi) is 6.19. The third-order valence-corrected chi connectivity index (χ3v) is 6.15. The van der Waals surface area contributed by atoms with Gasteiger partial charge in [-0.15, -0.1) is 0 Å². The van der Waals surface area contributed by atoms with Gasteiger partial charge in [0.2, 0.25) is 0 Å². The number of nitrogens with zero attached hydrogens (tertiary/aromatic N) is 1. The molecule has 0 saturated carbocycles. The van der Waals surface area contributed by atoms with Crippen LogP contribution in [-0.2, 0) is 9.59 Å². The topological polar surface area (TPSA) is 80.0 Å². The van der Waals surface area contributed by atoms with Crippen molar-refractivity contribution in [2.24, 2.45) is 0 Å². The average molecular weight is 496 g/mol. The summed E-state index contributed by atoms with van der Waals surface area (Å²) in [5.74, 6) is -0.799. The zero-order valence-electron chi connectivity index (χ0n) is 17.7. The second-order valence-corrected chi connectivity index (χ2v) is 8.35. The van der Waals surface area contributed by atoms with Crippen molar-refractivity contribution in [2.75, 3.05) is 11.5 Å². The summed E-state index contributed by atoms with van der Waals surface area (Å²) in [6, 6.07) is 14.7. The van der Waals surface area contributed by atoms with E-state index in [1.807, 2.05) is 13.8 Å². The van der Waals surface area contributed by atoms with Gasteiger partial charge in [-0.2, -0.15) is 0 Å². The Balaban J connectivity index is 1.86. The summed E-state index contributed by atoms with van der Waals surface area (Å²) in [6.45, 7) is 4.42. The van der Waals surface area contributed by atoms with Crippen LogP contribution >= 0.6 is 15.9 Å². The van der Waals surface area contributed by atoms with Crippen LogP contribution in [0.1, 0.15) is 36.3 Å². The first-order valence-electron chi connectivity index (χ1n) is 10.3. The maximum Gasteiger partial charge on any atom is 0.300 e. The number of aryl methyl sites for hydroxylation is 1. The van der Waals surface area contributed by atoms with E-state index < -0.39 is 17.7 Å². The van der Waals surface area contributed by atoms with Crippen LogP contribution in [0.2, 0.25) is 0 Å². The molecule has 2 aromatic carbocycles. The number of ketones is 1. The molecule has 1 aromatic heterocycles. The van der Waals surface area contributed by atoms with Crippen molar-refractivity contribution in [3.63, 3.8) is 0 Å². The molecule has 1 N–H and O–H groups in total. The highest BCUT2D eigenvalue weighted by Crippen LogP contribution is 2.43. The van der Waals surface area contributed by atoms with E-state index in [0.29, 0.717) is 29.4 Å². The Morgan fingerprint density at radius 3 is 2.66 bits per heavy atom. The molecule has 1 fully saturated rings. The van der Waals surface area contributed by atoms with E-state index in [9.17, 15) is 14.7 Å². The van der Waals surface area contributed by atoms with E-state index >= 15 is 0 Å². The van der Waals surface area contributed by atoms with Crippen molar-refractivity contribution in [3.05, 3.63) is 87.8 Å². The van der Waals surface area contributed by atoms with Gasteiger partial charge in [0, 0.05) is 21.8 Å². The maximum atomic E-state index is 13.1. The first-order valence-corrected chi connectivity index (χ1v) is 11.1. The molecule has 0 bridgehead atoms. The van der Waals surface area contributed by atoms with Crippen molar-refractivity contribution in [1.29, 1.82) is 0 Å². The number of anilines is 1. The number of benzene rings is 2. The zero-order chi connectivity index (χ0) is 22.8. The van der Waals surface area contributed by atoms with E-state index in [4.69, 9.17) is 9.15 Å². The molecule has 3 aromatic rings. The van der Waals surface area contributed by atoms with Crippen molar-refractivity contribution < 1.29 is 23.8 Å². The summed E-state index contributed by atoms with van der Waals surface area (Å²) in [7, 11) is 0. The van der Waals surface area contributed by atoms with Gasteiger partial charge in [-0.25, -0.2) is 0 Å². The number of carbonyl (C=O) groups is 2. The van der Waals surface area contributed by atoms with Crippen LogP contribution in [0.3, 0.4) is 0 Å². The number of ether oxygens (including phenoxy) is 1. The molecule has 1 aliphatic rings. The van der Waals surface area contributed by atoms with Crippen LogP contribution < -0.4 is 9.64 Å². The van der Waals surface area contributed by atoms with Gasteiger partial charge in [0.25, 0.3) is 11.7 Å². The summed E-state index contributed by atoms with van der Waals surface area (Å²) in [5.41, 5.74) is 1.79. The number of hydrogen-bond acceptors (Lipinski definition) is 5. The number of carbonyl (C=O) groups excluding carboxylic acids is 2. The SMILES string of the molecule is CCCOc1cccc(N2C(=O)C(=O)/C(=C(\O)c3ccc(Br)c(C)c3)C2c2ccco2)c1. The number of aliphatic hydroxyl groups excluding tert-OH is 1. The minimum atomic E-state index is -0.907. The van der Waals surface area contributed by atoms with Gasteiger partial charge < -0.3 is 14.3 Å². The number of halogens is 1.